The third-order valence-electron chi connectivity index (χ3n) is 5.72. The second kappa shape index (κ2) is 8.37. The van der Waals surface area contributed by atoms with Gasteiger partial charge in [0.25, 0.3) is 5.91 Å². The van der Waals surface area contributed by atoms with E-state index in [4.69, 9.17) is 5.73 Å². The summed E-state index contributed by atoms with van der Waals surface area (Å²) < 4.78 is 43.2. The molecule has 0 spiro atoms. The first-order chi connectivity index (χ1) is 14.0. The Morgan fingerprint density at radius 2 is 1.93 bits per heavy atom. The number of nitrogens with one attached hydrogen (secondary N) is 1. The lowest BCUT2D eigenvalue weighted by Crippen LogP contribution is -2.30. The highest BCUT2D eigenvalue weighted by Crippen LogP contribution is 2.41. The molecule has 1 aliphatic carbocycles. The van der Waals surface area contributed by atoms with Crippen LogP contribution in [-0.2, 0) is 4.79 Å². The summed E-state index contributed by atoms with van der Waals surface area (Å²) in [5.74, 6) is -3.60. The number of ether oxygens (including phenoxy) is 1. The molecule has 1 aliphatic heterocycles. The van der Waals surface area contributed by atoms with Gasteiger partial charge >= 0.3 is 12.1 Å². The number of allylic oxidation sites excluding steroid dienone is 2. The van der Waals surface area contributed by atoms with Gasteiger partial charge in [0.2, 0.25) is 0 Å². The first-order valence-electron chi connectivity index (χ1n) is 10.0. The molecule has 1 fully saturated rings. The summed E-state index contributed by atoms with van der Waals surface area (Å²) in [5.41, 5.74) is 6.91. The number of halogens is 3. The third kappa shape index (κ3) is 5.00. The van der Waals surface area contributed by atoms with Crippen molar-refractivity contribution in [3.8, 4) is 5.75 Å². The molecule has 0 aromatic carbocycles. The number of hydrogen-bond acceptors (Lipinski definition) is 5. The lowest BCUT2D eigenvalue weighted by atomic mass is 9.77. The van der Waals surface area contributed by atoms with E-state index in [1.807, 2.05) is 6.08 Å². The van der Waals surface area contributed by atoms with Crippen LogP contribution in [0, 0.1) is 5.41 Å². The smallest absolute Gasteiger partial charge is 0.418 e. The number of amides is 1. The molecule has 0 unspecified atom stereocenters. The minimum atomic E-state index is -5.17. The number of alkyl halides is 3. The number of carbonyl (C=O) groups excluding carboxylic acids is 2. The number of carbonyl (C=O) groups is 2. The van der Waals surface area contributed by atoms with Crippen molar-refractivity contribution in [1.29, 1.82) is 0 Å². The van der Waals surface area contributed by atoms with Gasteiger partial charge in [-0.05, 0) is 62.2 Å². The quantitative estimate of drug-likeness (QED) is 0.718. The van der Waals surface area contributed by atoms with Crippen molar-refractivity contribution in [2.45, 2.75) is 58.0 Å². The van der Waals surface area contributed by atoms with Crippen molar-refractivity contribution >= 4 is 17.4 Å². The Balaban J connectivity index is 2.11. The lowest BCUT2D eigenvalue weighted by Gasteiger charge is -2.30. The molecule has 2 aliphatic rings. The van der Waals surface area contributed by atoms with E-state index in [0.29, 0.717) is 17.7 Å². The Labute approximate surface area is 173 Å². The van der Waals surface area contributed by atoms with Gasteiger partial charge in [-0.3, -0.25) is 4.79 Å². The molecule has 1 aromatic heterocycles. The highest BCUT2D eigenvalue weighted by Gasteiger charge is 2.42. The zero-order valence-corrected chi connectivity index (χ0v) is 17.1. The van der Waals surface area contributed by atoms with Crippen LogP contribution in [-0.4, -0.2) is 36.1 Å². The molecule has 0 saturated carbocycles. The second-order valence-corrected chi connectivity index (χ2v) is 8.64. The molecule has 6 nitrogen and oxygen atoms in total. The van der Waals surface area contributed by atoms with Crippen molar-refractivity contribution in [1.82, 2.24) is 10.3 Å². The van der Waals surface area contributed by atoms with Gasteiger partial charge in [0.1, 0.15) is 5.69 Å². The Hall–Kier alpha value is -2.42. The molecule has 0 atom stereocenters. The second-order valence-electron chi connectivity index (χ2n) is 8.64. The fourth-order valence-electron chi connectivity index (χ4n) is 3.87. The van der Waals surface area contributed by atoms with Crippen molar-refractivity contribution in [2.75, 3.05) is 13.1 Å². The van der Waals surface area contributed by atoms with E-state index in [2.05, 4.69) is 28.9 Å². The van der Waals surface area contributed by atoms with Gasteiger partial charge in [0, 0.05) is 5.92 Å². The van der Waals surface area contributed by atoms with Crippen LogP contribution in [0.15, 0.2) is 12.1 Å². The van der Waals surface area contributed by atoms with Crippen LogP contribution in [0.2, 0.25) is 0 Å². The SMILES string of the molecule is CC1(C)CC=C(c2nc(C3CCNCC3)c(C(N)=O)cc2OC(=O)C(F)(F)F)CC1. The third-order valence-corrected chi connectivity index (χ3v) is 5.72. The van der Waals surface area contributed by atoms with Gasteiger partial charge in [-0.25, -0.2) is 9.78 Å². The van der Waals surface area contributed by atoms with Gasteiger partial charge in [-0.1, -0.05) is 19.9 Å². The van der Waals surface area contributed by atoms with Crippen molar-refractivity contribution in [3.63, 3.8) is 0 Å². The molecule has 1 saturated heterocycles. The highest BCUT2D eigenvalue weighted by atomic mass is 19.4. The summed E-state index contributed by atoms with van der Waals surface area (Å²) in [6, 6.07) is 1.15. The molecule has 0 radical (unpaired) electrons. The molecule has 30 heavy (non-hydrogen) atoms. The number of aromatic nitrogens is 1. The van der Waals surface area contributed by atoms with Crippen molar-refractivity contribution < 1.29 is 27.5 Å². The molecular weight excluding hydrogens is 399 g/mol. The summed E-state index contributed by atoms with van der Waals surface area (Å²) in [6.07, 6.45) is 0.317. The number of nitrogens with two attached hydrogens (primary N) is 1. The topological polar surface area (TPSA) is 94.3 Å². The van der Waals surface area contributed by atoms with E-state index in [0.717, 1.165) is 44.8 Å². The Morgan fingerprint density at radius 3 is 2.47 bits per heavy atom. The van der Waals surface area contributed by atoms with Crippen LogP contribution in [0.1, 0.15) is 73.6 Å². The minimum absolute atomic E-state index is 0.00707. The number of hydrogen-bond donors (Lipinski definition) is 2. The fourth-order valence-corrected chi connectivity index (χ4v) is 3.87. The molecule has 2 heterocycles. The van der Waals surface area contributed by atoms with Gasteiger partial charge < -0.3 is 15.8 Å². The molecule has 3 rings (SSSR count). The normalized spacial score (nSPS) is 19.8. The van der Waals surface area contributed by atoms with Crippen molar-refractivity contribution in [2.24, 2.45) is 11.1 Å². The number of rotatable bonds is 4. The van der Waals surface area contributed by atoms with Gasteiger partial charge in [-0.2, -0.15) is 13.2 Å². The summed E-state index contributed by atoms with van der Waals surface area (Å²) in [7, 11) is 0. The zero-order valence-electron chi connectivity index (χ0n) is 17.1. The molecular formula is C21H26F3N3O3. The fraction of sp³-hybridized carbons (Fsp3) is 0.571. The average molecular weight is 425 g/mol. The van der Waals surface area contributed by atoms with Crippen LogP contribution < -0.4 is 15.8 Å². The first-order valence-corrected chi connectivity index (χ1v) is 10.0. The molecule has 0 bridgehead atoms. The van der Waals surface area contributed by atoms with Crippen molar-refractivity contribution in [3.05, 3.63) is 29.1 Å². The maximum Gasteiger partial charge on any atom is 0.491 e. The highest BCUT2D eigenvalue weighted by molar-refractivity contribution is 5.95. The van der Waals surface area contributed by atoms with E-state index in [1.54, 1.807) is 0 Å². The maximum absolute atomic E-state index is 12.8. The zero-order chi connectivity index (χ0) is 22.1. The van der Waals surface area contributed by atoms with Gasteiger partial charge in [0.05, 0.1) is 11.3 Å². The average Bonchev–Trinajstić information content (AvgIpc) is 2.67. The molecule has 1 amide bonds. The van der Waals surface area contributed by atoms with E-state index in [1.165, 1.54) is 0 Å². The number of pyridine rings is 1. The van der Waals surface area contributed by atoms with Gasteiger partial charge in [-0.15, -0.1) is 0 Å². The monoisotopic (exact) mass is 425 g/mol. The molecule has 1 aromatic rings. The standard InChI is InChI=1S/C21H26F3N3O3/c1-20(2)7-3-12(4-8-20)17-15(30-19(29)21(22,23)24)11-14(18(25)28)16(27-17)13-5-9-26-10-6-13/h3,11,13,26H,4-10H2,1-2H3,(H2,25,28). The van der Waals surface area contributed by atoms with E-state index in [-0.39, 0.29) is 28.3 Å². The Kier molecular flexibility index (Phi) is 6.21. The minimum Gasteiger partial charge on any atom is -0.418 e. The van der Waals surface area contributed by atoms with E-state index < -0.39 is 18.1 Å². The van der Waals surface area contributed by atoms with Crippen LogP contribution in [0.4, 0.5) is 13.2 Å². The number of esters is 1. The van der Waals surface area contributed by atoms with E-state index in [9.17, 15) is 22.8 Å². The van der Waals surface area contributed by atoms with Gasteiger partial charge in [0.15, 0.2) is 5.75 Å². The largest absolute Gasteiger partial charge is 0.491 e. The molecule has 9 heteroatoms. The summed E-state index contributed by atoms with van der Waals surface area (Å²) in [4.78, 5) is 28.2. The first kappa shape index (κ1) is 22.3. The summed E-state index contributed by atoms with van der Waals surface area (Å²) >= 11 is 0. The lowest BCUT2D eigenvalue weighted by molar-refractivity contribution is -0.189. The maximum atomic E-state index is 12.8. The predicted octanol–water partition coefficient (Wildman–Crippen LogP) is 3.71. The summed E-state index contributed by atoms with van der Waals surface area (Å²) in [6.45, 7) is 5.69. The number of nitrogens with zero attached hydrogens (tertiary/aromatic N) is 1. The Bertz CT molecular complexity index is 872. The number of piperidine rings is 1. The predicted molar refractivity (Wildman–Crippen MR) is 105 cm³/mol. The number of primary amides is 1. The van der Waals surface area contributed by atoms with Crippen LogP contribution >= 0.6 is 0 Å². The molecule has 3 N–H and O–H groups in total. The van der Waals surface area contributed by atoms with E-state index >= 15 is 0 Å². The molecule has 164 valence electrons. The van der Waals surface area contributed by atoms with Crippen LogP contribution in [0.3, 0.4) is 0 Å². The van der Waals surface area contributed by atoms with Crippen LogP contribution in [0.5, 0.6) is 5.75 Å². The summed E-state index contributed by atoms with van der Waals surface area (Å²) in [5, 5.41) is 3.22. The van der Waals surface area contributed by atoms with Crippen LogP contribution in [0.25, 0.3) is 5.57 Å². The Morgan fingerprint density at radius 1 is 1.27 bits per heavy atom.